The van der Waals surface area contributed by atoms with E-state index in [9.17, 15) is 4.79 Å². The van der Waals surface area contributed by atoms with Crippen LogP contribution in [0.25, 0.3) is 0 Å². The van der Waals surface area contributed by atoms with Gasteiger partial charge >= 0.3 is 0 Å². The van der Waals surface area contributed by atoms with Crippen LogP contribution >= 0.6 is 0 Å². The van der Waals surface area contributed by atoms with Crippen molar-refractivity contribution in [3.8, 4) is 5.75 Å². The summed E-state index contributed by atoms with van der Waals surface area (Å²) < 4.78 is 5.49. The minimum Gasteiger partial charge on any atom is -0.492 e. The number of benzene rings is 1. The number of likely N-dealkylation sites (N-methyl/N-ethyl adjacent to an activating group) is 1. The van der Waals surface area contributed by atoms with Gasteiger partial charge in [-0.3, -0.25) is 4.79 Å². The number of nitrogens with two attached hydrogens (primary N) is 1. The van der Waals surface area contributed by atoms with Crippen molar-refractivity contribution in [2.45, 2.75) is 19.3 Å². The Morgan fingerprint density at radius 2 is 2.12 bits per heavy atom. The average molecular weight is 234 g/mol. The molecule has 92 valence electrons. The zero-order valence-corrected chi connectivity index (χ0v) is 10.5. The van der Waals surface area contributed by atoms with Gasteiger partial charge in [-0.25, -0.2) is 0 Å². The van der Waals surface area contributed by atoms with E-state index in [1.807, 2.05) is 32.0 Å². The Kier molecular flexibility index (Phi) is 2.83. The van der Waals surface area contributed by atoms with Crippen LogP contribution in [-0.2, 0) is 10.2 Å². The molecule has 2 rings (SSSR count). The van der Waals surface area contributed by atoms with E-state index >= 15 is 0 Å². The molecule has 4 heteroatoms. The summed E-state index contributed by atoms with van der Waals surface area (Å²) in [6, 6.07) is 5.74. The number of hydrogen-bond donors (Lipinski definition) is 1. The van der Waals surface area contributed by atoms with Crippen LogP contribution in [0.4, 0.5) is 5.69 Å². The Morgan fingerprint density at radius 1 is 1.41 bits per heavy atom. The number of fused-ring (bicyclic) bond motifs is 1. The van der Waals surface area contributed by atoms with Gasteiger partial charge < -0.3 is 15.4 Å². The molecule has 0 aliphatic carbocycles. The summed E-state index contributed by atoms with van der Waals surface area (Å²) >= 11 is 0. The fourth-order valence-electron chi connectivity index (χ4n) is 2.22. The van der Waals surface area contributed by atoms with Crippen molar-refractivity contribution in [1.29, 1.82) is 0 Å². The second-order valence-corrected chi connectivity index (χ2v) is 4.81. The maximum atomic E-state index is 12.1. The third kappa shape index (κ3) is 1.78. The van der Waals surface area contributed by atoms with Crippen molar-refractivity contribution in [2.24, 2.45) is 5.73 Å². The highest BCUT2D eigenvalue weighted by atomic mass is 16.5. The van der Waals surface area contributed by atoms with Gasteiger partial charge in [0.25, 0.3) is 0 Å². The van der Waals surface area contributed by atoms with Gasteiger partial charge in [0.2, 0.25) is 5.91 Å². The molecule has 0 fully saturated rings. The predicted octanol–water partition coefficient (Wildman–Crippen LogP) is 1.28. The van der Waals surface area contributed by atoms with Crippen molar-refractivity contribution in [2.75, 3.05) is 25.1 Å². The highest BCUT2D eigenvalue weighted by Gasteiger charge is 2.42. The lowest BCUT2D eigenvalue weighted by molar-refractivity contribution is -0.121. The maximum Gasteiger partial charge on any atom is 0.236 e. The number of anilines is 1. The smallest absolute Gasteiger partial charge is 0.236 e. The molecule has 0 spiro atoms. The first-order valence-corrected chi connectivity index (χ1v) is 5.74. The minimum atomic E-state index is -0.480. The summed E-state index contributed by atoms with van der Waals surface area (Å²) in [5, 5.41) is 0. The summed E-state index contributed by atoms with van der Waals surface area (Å²) in [6.07, 6.45) is 0. The quantitative estimate of drug-likeness (QED) is 0.857. The van der Waals surface area contributed by atoms with Crippen molar-refractivity contribution < 1.29 is 9.53 Å². The molecule has 2 N–H and O–H groups in total. The normalized spacial score (nSPS) is 17.2. The lowest BCUT2D eigenvalue weighted by Gasteiger charge is -2.16. The van der Waals surface area contributed by atoms with Crippen LogP contribution in [0.1, 0.15) is 19.4 Å². The number of nitrogens with zero attached hydrogens (tertiary/aromatic N) is 1. The molecule has 1 aromatic rings. The molecule has 0 saturated carbocycles. The number of carbonyl (C=O) groups excluding carboxylic acids is 1. The first kappa shape index (κ1) is 11.9. The van der Waals surface area contributed by atoms with Crippen LogP contribution in [0.5, 0.6) is 5.75 Å². The summed E-state index contributed by atoms with van der Waals surface area (Å²) in [4.78, 5) is 13.8. The van der Waals surface area contributed by atoms with Crippen molar-refractivity contribution in [3.63, 3.8) is 0 Å². The Balaban J connectivity index is 2.40. The van der Waals surface area contributed by atoms with Gasteiger partial charge in [0.1, 0.15) is 12.4 Å². The van der Waals surface area contributed by atoms with Crippen LogP contribution in [-0.4, -0.2) is 26.1 Å². The number of ether oxygens (including phenoxy) is 1. The number of rotatable bonds is 3. The molecule has 0 aromatic heterocycles. The summed E-state index contributed by atoms with van der Waals surface area (Å²) in [7, 11) is 1.80. The van der Waals surface area contributed by atoms with Crippen LogP contribution < -0.4 is 15.4 Å². The van der Waals surface area contributed by atoms with Gasteiger partial charge in [0.15, 0.2) is 0 Å². The van der Waals surface area contributed by atoms with Crippen molar-refractivity contribution >= 4 is 11.6 Å². The molecule has 1 aliphatic heterocycles. The average Bonchev–Trinajstić information content (AvgIpc) is 2.49. The van der Waals surface area contributed by atoms with E-state index in [-0.39, 0.29) is 5.91 Å². The van der Waals surface area contributed by atoms with Gasteiger partial charge in [-0.15, -0.1) is 0 Å². The molecule has 1 aliphatic rings. The third-order valence-electron chi connectivity index (χ3n) is 3.23. The van der Waals surface area contributed by atoms with Crippen LogP contribution in [0, 0.1) is 0 Å². The van der Waals surface area contributed by atoms with Crippen LogP contribution in [0.3, 0.4) is 0 Å². The molecule has 1 aromatic carbocycles. The molecule has 4 nitrogen and oxygen atoms in total. The Morgan fingerprint density at radius 3 is 2.76 bits per heavy atom. The molecular weight excluding hydrogens is 216 g/mol. The number of carbonyl (C=O) groups is 1. The molecule has 17 heavy (non-hydrogen) atoms. The maximum absolute atomic E-state index is 12.1. The SMILES string of the molecule is CN1C(=O)C(C)(C)c2cc(OCCN)ccc21. The van der Waals surface area contributed by atoms with E-state index in [1.54, 1.807) is 11.9 Å². The van der Waals surface area contributed by atoms with E-state index in [1.165, 1.54) is 0 Å². The molecular formula is C13H18N2O2. The summed E-state index contributed by atoms with van der Waals surface area (Å²) in [6.45, 7) is 4.84. The first-order valence-electron chi connectivity index (χ1n) is 5.74. The first-order chi connectivity index (χ1) is 7.98. The van der Waals surface area contributed by atoms with Gasteiger partial charge in [-0.1, -0.05) is 0 Å². The summed E-state index contributed by atoms with van der Waals surface area (Å²) in [5.41, 5.74) is 6.89. The van der Waals surface area contributed by atoms with Gasteiger partial charge in [-0.05, 0) is 37.6 Å². The lowest BCUT2D eigenvalue weighted by atomic mass is 9.86. The van der Waals surface area contributed by atoms with E-state index in [0.29, 0.717) is 13.2 Å². The van der Waals surface area contributed by atoms with E-state index in [2.05, 4.69) is 0 Å². The fourth-order valence-corrected chi connectivity index (χ4v) is 2.22. The van der Waals surface area contributed by atoms with E-state index in [0.717, 1.165) is 17.0 Å². The van der Waals surface area contributed by atoms with Gasteiger partial charge in [-0.2, -0.15) is 0 Å². The topological polar surface area (TPSA) is 55.6 Å². The predicted molar refractivity (Wildman–Crippen MR) is 67.4 cm³/mol. The lowest BCUT2D eigenvalue weighted by Crippen LogP contribution is -2.33. The second kappa shape index (κ2) is 4.04. The third-order valence-corrected chi connectivity index (χ3v) is 3.23. The fraction of sp³-hybridized carbons (Fsp3) is 0.462. The standard InChI is InChI=1S/C13H18N2O2/c1-13(2)10-8-9(17-7-6-14)4-5-11(10)15(3)12(13)16/h4-5,8H,6-7,14H2,1-3H3. The van der Waals surface area contributed by atoms with E-state index in [4.69, 9.17) is 10.5 Å². The van der Waals surface area contributed by atoms with Crippen molar-refractivity contribution in [3.05, 3.63) is 23.8 Å². The van der Waals surface area contributed by atoms with Crippen LogP contribution in [0.15, 0.2) is 18.2 Å². The van der Waals surface area contributed by atoms with Gasteiger partial charge in [0, 0.05) is 19.3 Å². The largest absolute Gasteiger partial charge is 0.492 e. The minimum absolute atomic E-state index is 0.114. The van der Waals surface area contributed by atoms with E-state index < -0.39 is 5.41 Å². The molecule has 0 unspecified atom stereocenters. The highest BCUT2D eigenvalue weighted by Crippen LogP contribution is 2.42. The summed E-state index contributed by atoms with van der Waals surface area (Å²) in [5.74, 6) is 0.883. The van der Waals surface area contributed by atoms with Crippen LogP contribution in [0.2, 0.25) is 0 Å². The molecule has 0 radical (unpaired) electrons. The second-order valence-electron chi connectivity index (χ2n) is 4.81. The zero-order valence-electron chi connectivity index (χ0n) is 10.5. The Bertz CT molecular complexity index is 455. The molecule has 0 atom stereocenters. The Labute approximate surface area is 101 Å². The number of hydrogen-bond acceptors (Lipinski definition) is 3. The zero-order chi connectivity index (χ0) is 12.6. The van der Waals surface area contributed by atoms with Gasteiger partial charge in [0.05, 0.1) is 5.41 Å². The molecule has 1 amide bonds. The molecule has 0 saturated heterocycles. The highest BCUT2D eigenvalue weighted by molar-refractivity contribution is 6.07. The van der Waals surface area contributed by atoms with Crippen molar-refractivity contribution in [1.82, 2.24) is 0 Å². The number of amides is 1. The molecule has 1 heterocycles. The monoisotopic (exact) mass is 234 g/mol. The molecule has 0 bridgehead atoms. The Hall–Kier alpha value is -1.55.